The van der Waals surface area contributed by atoms with Gasteiger partial charge in [0.1, 0.15) is 9.90 Å². The molecule has 1 saturated heterocycles. The van der Waals surface area contributed by atoms with E-state index in [0.29, 0.717) is 30.4 Å². The normalized spacial score (nSPS) is 16.0. The molecule has 0 radical (unpaired) electrons. The maximum absolute atomic E-state index is 13.1. The Balaban J connectivity index is 1.51. The van der Waals surface area contributed by atoms with E-state index in [9.17, 15) is 8.42 Å². The second kappa shape index (κ2) is 7.10. The predicted molar refractivity (Wildman–Crippen MR) is 109 cm³/mol. The second-order valence-electron chi connectivity index (χ2n) is 6.67. The summed E-state index contributed by atoms with van der Waals surface area (Å²) in [5, 5.41) is 7.27. The predicted octanol–water partition coefficient (Wildman–Crippen LogP) is 3.27. The van der Waals surface area contributed by atoms with E-state index in [4.69, 9.17) is 0 Å². The molecule has 6 nitrogen and oxygen atoms in total. The zero-order valence-corrected chi connectivity index (χ0v) is 17.0. The van der Waals surface area contributed by atoms with Crippen LogP contribution in [0.15, 0.2) is 46.7 Å². The fourth-order valence-electron chi connectivity index (χ4n) is 3.26. The number of hydrogen-bond acceptors (Lipinski definition) is 5. The van der Waals surface area contributed by atoms with Gasteiger partial charge in [0, 0.05) is 37.6 Å². The SMILES string of the molecule is Cc1[nH]nc(-c2ccc(S(=O)(=O)N3CCN(c4ccccc4)CC3)s2)c1C. The molecule has 0 unspecified atom stereocenters. The van der Waals surface area contributed by atoms with Crippen LogP contribution in [0.3, 0.4) is 0 Å². The van der Waals surface area contributed by atoms with E-state index in [2.05, 4.69) is 27.2 Å². The molecule has 1 fully saturated rings. The molecule has 0 bridgehead atoms. The van der Waals surface area contributed by atoms with Crippen molar-refractivity contribution in [3.05, 3.63) is 53.7 Å². The van der Waals surface area contributed by atoms with Crippen molar-refractivity contribution in [3.63, 3.8) is 0 Å². The van der Waals surface area contributed by atoms with Gasteiger partial charge in [-0.3, -0.25) is 5.10 Å². The molecule has 0 atom stereocenters. The van der Waals surface area contributed by atoms with Crippen LogP contribution in [0.2, 0.25) is 0 Å². The first-order chi connectivity index (χ1) is 13.0. The fraction of sp³-hybridized carbons (Fsp3) is 0.316. The van der Waals surface area contributed by atoms with Crippen molar-refractivity contribution in [1.29, 1.82) is 0 Å². The highest BCUT2D eigenvalue weighted by Gasteiger charge is 2.30. The first-order valence-electron chi connectivity index (χ1n) is 8.89. The number of aryl methyl sites for hydroxylation is 1. The molecule has 0 spiro atoms. The fourth-order valence-corrected chi connectivity index (χ4v) is 6.19. The van der Waals surface area contributed by atoms with Gasteiger partial charge < -0.3 is 4.90 Å². The topological polar surface area (TPSA) is 69.3 Å². The number of benzene rings is 1. The zero-order valence-electron chi connectivity index (χ0n) is 15.3. The van der Waals surface area contributed by atoms with Gasteiger partial charge in [-0.2, -0.15) is 9.40 Å². The Morgan fingerprint density at radius 3 is 2.33 bits per heavy atom. The molecule has 4 rings (SSSR count). The van der Waals surface area contributed by atoms with Crippen molar-refractivity contribution in [1.82, 2.24) is 14.5 Å². The van der Waals surface area contributed by atoms with Crippen molar-refractivity contribution in [2.24, 2.45) is 0 Å². The second-order valence-corrected chi connectivity index (χ2v) is 9.92. The molecule has 2 aromatic heterocycles. The lowest BCUT2D eigenvalue weighted by molar-refractivity contribution is 0.386. The highest BCUT2D eigenvalue weighted by Crippen LogP contribution is 2.34. The first kappa shape index (κ1) is 18.2. The average molecular weight is 403 g/mol. The van der Waals surface area contributed by atoms with Crippen molar-refractivity contribution in [2.45, 2.75) is 18.1 Å². The lowest BCUT2D eigenvalue weighted by atomic mass is 10.2. The number of rotatable bonds is 4. The standard InChI is InChI=1S/C19H22N4O2S2/c1-14-15(2)20-21-19(14)17-8-9-18(26-17)27(24,25)23-12-10-22(11-13-23)16-6-4-3-5-7-16/h3-9H,10-13H2,1-2H3,(H,20,21). The third-order valence-corrected chi connectivity index (χ3v) is 8.48. The molecular weight excluding hydrogens is 380 g/mol. The summed E-state index contributed by atoms with van der Waals surface area (Å²) in [6.07, 6.45) is 0. The summed E-state index contributed by atoms with van der Waals surface area (Å²) in [5.74, 6) is 0. The summed E-state index contributed by atoms with van der Waals surface area (Å²) < 4.78 is 28.1. The van der Waals surface area contributed by atoms with E-state index in [0.717, 1.165) is 27.5 Å². The van der Waals surface area contributed by atoms with Gasteiger partial charge in [-0.25, -0.2) is 8.42 Å². The van der Waals surface area contributed by atoms with Crippen LogP contribution >= 0.6 is 11.3 Å². The van der Waals surface area contributed by atoms with Crippen LogP contribution in [0.1, 0.15) is 11.3 Å². The molecule has 1 N–H and O–H groups in total. The van der Waals surface area contributed by atoms with Gasteiger partial charge in [-0.05, 0) is 43.7 Å². The Morgan fingerprint density at radius 2 is 1.70 bits per heavy atom. The summed E-state index contributed by atoms with van der Waals surface area (Å²) in [5.41, 5.74) is 4.02. The Morgan fingerprint density at radius 1 is 1.00 bits per heavy atom. The van der Waals surface area contributed by atoms with E-state index in [1.165, 1.54) is 11.3 Å². The summed E-state index contributed by atoms with van der Waals surface area (Å²) in [6, 6.07) is 13.7. The smallest absolute Gasteiger partial charge is 0.252 e. The molecule has 142 valence electrons. The minimum absolute atomic E-state index is 0.380. The number of thiophene rings is 1. The zero-order chi connectivity index (χ0) is 19.0. The minimum atomic E-state index is -3.47. The van der Waals surface area contributed by atoms with Gasteiger partial charge in [0.15, 0.2) is 0 Å². The van der Waals surface area contributed by atoms with Gasteiger partial charge in [0.25, 0.3) is 10.0 Å². The molecule has 1 aromatic carbocycles. The average Bonchev–Trinajstić information content (AvgIpc) is 3.31. The molecular formula is C19H22N4O2S2. The number of aromatic amines is 1. The van der Waals surface area contributed by atoms with E-state index in [-0.39, 0.29) is 0 Å². The molecule has 1 aliphatic rings. The van der Waals surface area contributed by atoms with Crippen molar-refractivity contribution in [2.75, 3.05) is 31.1 Å². The van der Waals surface area contributed by atoms with Crippen LogP contribution in [0.4, 0.5) is 5.69 Å². The summed E-state index contributed by atoms with van der Waals surface area (Å²) in [6.45, 7) is 6.32. The molecule has 3 aromatic rings. The van der Waals surface area contributed by atoms with Crippen LogP contribution in [-0.2, 0) is 10.0 Å². The largest absolute Gasteiger partial charge is 0.369 e. The molecule has 8 heteroatoms. The Kier molecular flexibility index (Phi) is 4.79. The molecule has 27 heavy (non-hydrogen) atoms. The molecule has 0 saturated carbocycles. The van der Waals surface area contributed by atoms with E-state index in [1.54, 1.807) is 10.4 Å². The van der Waals surface area contributed by atoms with Crippen molar-refractivity contribution < 1.29 is 8.42 Å². The van der Waals surface area contributed by atoms with Crippen LogP contribution in [0, 0.1) is 13.8 Å². The maximum Gasteiger partial charge on any atom is 0.252 e. The lowest BCUT2D eigenvalue weighted by Crippen LogP contribution is -2.48. The summed E-state index contributed by atoms with van der Waals surface area (Å²) in [7, 11) is -3.47. The molecule has 0 amide bonds. The number of H-pyrrole nitrogens is 1. The summed E-state index contributed by atoms with van der Waals surface area (Å²) in [4.78, 5) is 3.10. The van der Waals surface area contributed by atoms with Gasteiger partial charge >= 0.3 is 0 Å². The Bertz CT molecular complexity index is 1030. The Labute approximate surface area is 163 Å². The number of para-hydroxylation sites is 1. The van der Waals surface area contributed by atoms with Gasteiger partial charge in [0.2, 0.25) is 0 Å². The number of anilines is 1. The first-order valence-corrected chi connectivity index (χ1v) is 11.1. The Hall–Kier alpha value is -2.16. The van der Waals surface area contributed by atoms with E-state index < -0.39 is 10.0 Å². The van der Waals surface area contributed by atoms with Gasteiger partial charge in [-0.15, -0.1) is 11.3 Å². The van der Waals surface area contributed by atoms with Crippen LogP contribution in [-0.4, -0.2) is 49.1 Å². The van der Waals surface area contributed by atoms with Crippen LogP contribution < -0.4 is 4.90 Å². The molecule has 3 heterocycles. The van der Waals surface area contributed by atoms with E-state index in [1.807, 2.05) is 38.1 Å². The number of piperazine rings is 1. The molecule has 1 aliphatic heterocycles. The third-order valence-electron chi connectivity index (χ3n) is 5.02. The van der Waals surface area contributed by atoms with Gasteiger partial charge in [-0.1, -0.05) is 18.2 Å². The monoisotopic (exact) mass is 402 g/mol. The van der Waals surface area contributed by atoms with Crippen molar-refractivity contribution >= 4 is 27.0 Å². The minimum Gasteiger partial charge on any atom is -0.369 e. The number of nitrogens with zero attached hydrogens (tertiary/aromatic N) is 3. The number of hydrogen-bond donors (Lipinski definition) is 1. The number of aromatic nitrogens is 2. The third kappa shape index (κ3) is 3.40. The quantitative estimate of drug-likeness (QED) is 0.727. The summed E-state index contributed by atoms with van der Waals surface area (Å²) >= 11 is 1.29. The van der Waals surface area contributed by atoms with Gasteiger partial charge in [0.05, 0.1) is 4.88 Å². The van der Waals surface area contributed by atoms with E-state index >= 15 is 0 Å². The number of nitrogens with one attached hydrogen (secondary N) is 1. The van der Waals surface area contributed by atoms with Crippen LogP contribution in [0.25, 0.3) is 10.6 Å². The highest BCUT2D eigenvalue weighted by atomic mass is 32.2. The molecule has 0 aliphatic carbocycles. The van der Waals surface area contributed by atoms with Crippen molar-refractivity contribution in [3.8, 4) is 10.6 Å². The van der Waals surface area contributed by atoms with Crippen LogP contribution in [0.5, 0.6) is 0 Å². The highest BCUT2D eigenvalue weighted by molar-refractivity contribution is 7.91. The number of sulfonamides is 1. The maximum atomic E-state index is 13.1. The lowest BCUT2D eigenvalue weighted by Gasteiger charge is -2.35.